The van der Waals surface area contributed by atoms with Crippen LogP contribution in [0.3, 0.4) is 0 Å². The molecular formula is C21H21FN2O2S. The number of rotatable bonds is 5. The summed E-state index contributed by atoms with van der Waals surface area (Å²) in [5.41, 5.74) is 2.15. The van der Waals surface area contributed by atoms with E-state index in [4.69, 9.17) is 14.5 Å². The van der Waals surface area contributed by atoms with Crippen LogP contribution in [0.5, 0.6) is 5.75 Å². The second kappa shape index (κ2) is 8.06. The minimum Gasteiger partial charge on any atom is -0.494 e. The van der Waals surface area contributed by atoms with E-state index in [2.05, 4.69) is 4.57 Å². The summed E-state index contributed by atoms with van der Waals surface area (Å²) >= 11 is 1.50. The maximum atomic E-state index is 14.4. The number of ether oxygens (including phenoxy) is 2. The van der Waals surface area contributed by atoms with Gasteiger partial charge in [-0.15, -0.1) is 11.3 Å². The molecule has 4 rings (SSSR count). The largest absolute Gasteiger partial charge is 0.494 e. The van der Waals surface area contributed by atoms with E-state index in [0.717, 1.165) is 35.6 Å². The van der Waals surface area contributed by atoms with Gasteiger partial charge in [-0.1, -0.05) is 24.3 Å². The molecular weight excluding hydrogens is 363 g/mol. The summed E-state index contributed by atoms with van der Waals surface area (Å²) < 4.78 is 27.7. The molecule has 0 aliphatic carbocycles. The van der Waals surface area contributed by atoms with Gasteiger partial charge in [0.05, 0.1) is 25.5 Å². The van der Waals surface area contributed by atoms with Gasteiger partial charge in [-0.25, -0.2) is 9.38 Å². The predicted molar refractivity (Wildman–Crippen MR) is 105 cm³/mol. The van der Waals surface area contributed by atoms with Crippen LogP contribution in [0.2, 0.25) is 0 Å². The van der Waals surface area contributed by atoms with Gasteiger partial charge in [0.25, 0.3) is 0 Å². The average Bonchev–Trinajstić information content (AvgIpc) is 3.34. The van der Waals surface area contributed by atoms with E-state index in [-0.39, 0.29) is 11.9 Å². The Hall–Kier alpha value is -2.44. The highest BCUT2D eigenvalue weighted by molar-refractivity contribution is 7.07. The first-order valence-electron chi connectivity index (χ1n) is 8.99. The molecule has 0 N–H and O–H groups in total. The van der Waals surface area contributed by atoms with Crippen molar-refractivity contribution in [2.45, 2.75) is 25.5 Å². The lowest BCUT2D eigenvalue weighted by Gasteiger charge is -2.14. The summed E-state index contributed by atoms with van der Waals surface area (Å²) in [7, 11) is 1.63. The molecule has 0 amide bonds. The number of thiazole rings is 1. The van der Waals surface area contributed by atoms with E-state index in [1.807, 2.05) is 35.7 Å². The standard InChI is InChI=1S/C21H21FN2O2S/c1-25-20-11-5-4-10-18(20)23-21-24(13-15-7-6-12-26-15)19(14-27-21)16-8-2-3-9-17(16)22/h2-5,8-11,14-15H,6-7,12-13H2,1H3. The van der Waals surface area contributed by atoms with Crippen LogP contribution >= 0.6 is 11.3 Å². The minimum absolute atomic E-state index is 0.127. The molecule has 2 aromatic carbocycles. The van der Waals surface area contributed by atoms with Crippen molar-refractivity contribution in [2.75, 3.05) is 13.7 Å². The Bertz CT molecular complexity index is 990. The third-order valence-electron chi connectivity index (χ3n) is 4.66. The quantitative estimate of drug-likeness (QED) is 0.635. The van der Waals surface area contributed by atoms with E-state index in [9.17, 15) is 4.39 Å². The normalized spacial score (nSPS) is 17.4. The number of hydrogen-bond donors (Lipinski definition) is 0. The highest BCUT2D eigenvalue weighted by atomic mass is 32.1. The second-order valence-corrected chi connectivity index (χ2v) is 7.25. The van der Waals surface area contributed by atoms with E-state index >= 15 is 0 Å². The number of aromatic nitrogens is 1. The fraction of sp³-hybridized carbons (Fsp3) is 0.286. The van der Waals surface area contributed by atoms with Gasteiger partial charge >= 0.3 is 0 Å². The molecule has 1 unspecified atom stereocenters. The molecule has 2 heterocycles. The van der Waals surface area contributed by atoms with Gasteiger partial charge in [0.1, 0.15) is 17.3 Å². The van der Waals surface area contributed by atoms with Crippen LogP contribution in [0.25, 0.3) is 11.3 Å². The first-order valence-corrected chi connectivity index (χ1v) is 9.87. The lowest BCUT2D eigenvalue weighted by atomic mass is 10.1. The number of methoxy groups -OCH3 is 1. The van der Waals surface area contributed by atoms with Gasteiger partial charge < -0.3 is 14.0 Å². The molecule has 27 heavy (non-hydrogen) atoms. The van der Waals surface area contributed by atoms with Crippen LogP contribution < -0.4 is 9.54 Å². The molecule has 0 spiro atoms. The number of hydrogen-bond acceptors (Lipinski definition) is 4. The Morgan fingerprint density at radius 2 is 2.04 bits per heavy atom. The van der Waals surface area contributed by atoms with Crippen LogP contribution in [0.4, 0.5) is 10.1 Å². The maximum Gasteiger partial charge on any atom is 0.190 e. The molecule has 1 saturated heterocycles. The smallest absolute Gasteiger partial charge is 0.190 e. The van der Waals surface area contributed by atoms with Crippen molar-refractivity contribution in [1.29, 1.82) is 0 Å². The van der Waals surface area contributed by atoms with E-state index in [1.54, 1.807) is 19.2 Å². The highest BCUT2D eigenvalue weighted by Gasteiger charge is 2.20. The molecule has 3 aromatic rings. The van der Waals surface area contributed by atoms with Crippen LogP contribution in [0, 0.1) is 5.82 Å². The molecule has 0 radical (unpaired) electrons. The predicted octanol–water partition coefficient (Wildman–Crippen LogP) is 4.78. The van der Waals surface area contributed by atoms with Gasteiger partial charge in [0.2, 0.25) is 0 Å². The average molecular weight is 384 g/mol. The Morgan fingerprint density at radius 3 is 2.81 bits per heavy atom. The molecule has 1 aliphatic rings. The Balaban J connectivity index is 1.84. The fourth-order valence-corrected chi connectivity index (χ4v) is 4.22. The van der Waals surface area contributed by atoms with Crippen molar-refractivity contribution < 1.29 is 13.9 Å². The first kappa shape index (κ1) is 17.9. The van der Waals surface area contributed by atoms with Gasteiger partial charge in [0, 0.05) is 17.6 Å². The summed E-state index contributed by atoms with van der Waals surface area (Å²) in [5.74, 6) is 0.474. The maximum absolute atomic E-state index is 14.4. The summed E-state index contributed by atoms with van der Waals surface area (Å²) in [5, 5.41) is 1.96. The molecule has 1 aliphatic heterocycles. The highest BCUT2D eigenvalue weighted by Crippen LogP contribution is 2.28. The molecule has 0 saturated carbocycles. The third kappa shape index (κ3) is 3.82. The number of nitrogens with zero attached hydrogens (tertiary/aromatic N) is 2. The van der Waals surface area contributed by atoms with Gasteiger partial charge in [-0.3, -0.25) is 0 Å². The second-order valence-electron chi connectivity index (χ2n) is 6.41. The van der Waals surface area contributed by atoms with Gasteiger partial charge in [-0.05, 0) is 37.1 Å². The molecule has 1 atom stereocenters. The SMILES string of the molecule is COc1ccccc1N=c1scc(-c2ccccc2F)n1CC1CCCO1. The van der Waals surface area contributed by atoms with Gasteiger partial charge in [-0.2, -0.15) is 0 Å². The Kier molecular flexibility index (Phi) is 5.36. The third-order valence-corrected chi connectivity index (χ3v) is 5.52. The Labute approximate surface area is 161 Å². The molecule has 1 fully saturated rings. The van der Waals surface area contributed by atoms with Crippen molar-refractivity contribution in [1.82, 2.24) is 4.57 Å². The van der Waals surface area contributed by atoms with Crippen LogP contribution in [-0.2, 0) is 11.3 Å². The lowest BCUT2D eigenvalue weighted by Crippen LogP contribution is -2.24. The minimum atomic E-state index is -0.236. The van der Waals surface area contributed by atoms with Gasteiger partial charge in [0.15, 0.2) is 4.80 Å². The number of halogens is 1. The summed E-state index contributed by atoms with van der Waals surface area (Å²) in [6.07, 6.45) is 2.19. The number of para-hydroxylation sites is 2. The van der Waals surface area contributed by atoms with Crippen LogP contribution in [0.15, 0.2) is 58.9 Å². The number of benzene rings is 2. The summed E-state index contributed by atoms with van der Waals surface area (Å²) in [4.78, 5) is 5.61. The van der Waals surface area contributed by atoms with Crippen molar-refractivity contribution in [3.63, 3.8) is 0 Å². The van der Waals surface area contributed by atoms with Crippen molar-refractivity contribution in [2.24, 2.45) is 4.99 Å². The molecule has 6 heteroatoms. The molecule has 1 aromatic heterocycles. The molecule has 0 bridgehead atoms. The zero-order valence-electron chi connectivity index (χ0n) is 15.1. The zero-order valence-corrected chi connectivity index (χ0v) is 15.9. The molecule has 140 valence electrons. The van der Waals surface area contributed by atoms with Crippen molar-refractivity contribution in [3.8, 4) is 17.0 Å². The lowest BCUT2D eigenvalue weighted by molar-refractivity contribution is 0.0967. The first-order chi connectivity index (χ1) is 13.3. The fourth-order valence-electron chi connectivity index (χ4n) is 3.30. The molecule has 4 nitrogen and oxygen atoms in total. The summed E-state index contributed by atoms with van der Waals surface area (Å²) in [6.45, 7) is 1.44. The van der Waals surface area contributed by atoms with E-state index in [1.165, 1.54) is 17.4 Å². The van der Waals surface area contributed by atoms with Crippen molar-refractivity contribution in [3.05, 3.63) is 64.5 Å². The Morgan fingerprint density at radius 1 is 1.22 bits per heavy atom. The van der Waals surface area contributed by atoms with E-state index < -0.39 is 0 Å². The van der Waals surface area contributed by atoms with Crippen molar-refractivity contribution >= 4 is 17.0 Å². The van der Waals surface area contributed by atoms with Crippen LogP contribution in [-0.4, -0.2) is 24.4 Å². The topological polar surface area (TPSA) is 35.8 Å². The van der Waals surface area contributed by atoms with Crippen LogP contribution in [0.1, 0.15) is 12.8 Å². The zero-order chi connectivity index (χ0) is 18.6. The summed E-state index contributed by atoms with van der Waals surface area (Å²) in [6, 6.07) is 14.5. The van der Waals surface area contributed by atoms with E-state index in [0.29, 0.717) is 17.9 Å². The monoisotopic (exact) mass is 384 g/mol.